The van der Waals surface area contributed by atoms with Crippen LogP contribution in [-0.4, -0.2) is 12.1 Å². The lowest BCUT2D eigenvalue weighted by atomic mass is 10.2. The Hall–Kier alpha value is -3.22. The summed E-state index contributed by atoms with van der Waals surface area (Å²) >= 11 is 0. The van der Waals surface area contributed by atoms with Crippen LogP contribution in [0.4, 0.5) is 0 Å². The van der Waals surface area contributed by atoms with Crippen LogP contribution >= 0.6 is 7.26 Å². The molecule has 3 heteroatoms. The van der Waals surface area contributed by atoms with Gasteiger partial charge < -0.3 is 5.32 Å². The lowest BCUT2D eigenvalue weighted by Crippen LogP contribution is -2.39. The zero-order valence-electron chi connectivity index (χ0n) is 16.8. The molecule has 4 aromatic rings. The summed E-state index contributed by atoms with van der Waals surface area (Å²) in [6.07, 6.45) is 0.442. The molecule has 0 spiro atoms. The number of nitrogens with one attached hydrogen (secondary N) is 1. The molecular weight excluding hydrogens is 385 g/mol. The van der Waals surface area contributed by atoms with Gasteiger partial charge in [-0.3, -0.25) is 4.79 Å². The van der Waals surface area contributed by atoms with Crippen LogP contribution in [0, 0.1) is 0 Å². The number of benzene rings is 4. The fourth-order valence-corrected chi connectivity index (χ4v) is 7.86. The molecule has 0 heterocycles. The number of hydrogen-bond acceptors (Lipinski definition) is 1. The molecule has 4 rings (SSSR count). The van der Waals surface area contributed by atoms with Crippen molar-refractivity contribution in [3.8, 4) is 0 Å². The highest BCUT2D eigenvalue weighted by atomic mass is 31.2. The maximum absolute atomic E-state index is 13.3. The highest BCUT2D eigenvalue weighted by Crippen LogP contribution is 2.54. The molecule has 0 unspecified atom stereocenters. The fourth-order valence-electron chi connectivity index (χ4n) is 3.84. The van der Waals surface area contributed by atoms with Crippen molar-refractivity contribution >= 4 is 29.1 Å². The van der Waals surface area contributed by atoms with Gasteiger partial charge in [0.25, 0.3) is 5.91 Å². The molecule has 4 aromatic carbocycles. The van der Waals surface area contributed by atoms with Gasteiger partial charge in [-0.25, -0.2) is 0 Å². The van der Waals surface area contributed by atoms with Gasteiger partial charge in [0.1, 0.15) is 23.2 Å². The minimum atomic E-state index is -2.14. The predicted octanol–water partition coefficient (Wildman–Crippen LogP) is 4.30. The molecular formula is C27H25NOP+. The van der Waals surface area contributed by atoms with Crippen LogP contribution < -0.4 is 21.2 Å². The summed E-state index contributed by atoms with van der Waals surface area (Å²) in [7, 11) is -2.14. The van der Waals surface area contributed by atoms with Gasteiger partial charge >= 0.3 is 0 Å². The summed E-state index contributed by atoms with van der Waals surface area (Å²) in [5.41, 5.74) is 1.11. The number of amides is 1. The van der Waals surface area contributed by atoms with E-state index in [-0.39, 0.29) is 5.91 Å². The number of hydrogen-bond donors (Lipinski definition) is 1. The van der Waals surface area contributed by atoms with Crippen LogP contribution in [0.25, 0.3) is 0 Å². The lowest BCUT2D eigenvalue weighted by Gasteiger charge is -2.27. The Labute approximate surface area is 178 Å². The summed E-state index contributed by atoms with van der Waals surface area (Å²) in [6, 6.07) is 41.5. The zero-order chi connectivity index (χ0) is 20.7. The second kappa shape index (κ2) is 9.52. The summed E-state index contributed by atoms with van der Waals surface area (Å²) in [5.74, 6) is 0.0729. The van der Waals surface area contributed by atoms with Crippen LogP contribution in [0.1, 0.15) is 5.56 Å². The third kappa shape index (κ3) is 4.35. The molecule has 1 N–H and O–H groups in total. The molecule has 0 saturated heterocycles. The van der Waals surface area contributed by atoms with Crippen molar-refractivity contribution in [1.82, 2.24) is 5.32 Å². The highest BCUT2D eigenvalue weighted by molar-refractivity contribution is 7.96. The first-order valence-corrected chi connectivity index (χ1v) is 12.1. The Balaban J connectivity index is 1.76. The van der Waals surface area contributed by atoms with E-state index in [4.69, 9.17) is 0 Å². The van der Waals surface area contributed by atoms with Gasteiger partial charge in [-0.15, -0.1) is 0 Å². The summed E-state index contributed by atoms with van der Waals surface area (Å²) < 4.78 is 0. The van der Waals surface area contributed by atoms with Gasteiger partial charge in [-0.2, -0.15) is 0 Å². The van der Waals surface area contributed by atoms with E-state index in [1.807, 2.05) is 48.5 Å². The Kier molecular flexibility index (Phi) is 6.37. The van der Waals surface area contributed by atoms with Gasteiger partial charge in [0.15, 0.2) is 6.16 Å². The molecule has 148 valence electrons. The van der Waals surface area contributed by atoms with Gasteiger partial charge in [-0.1, -0.05) is 84.9 Å². The van der Waals surface area contributed by atoms with E-state index in [0.717, 1.165) is 5.56 Å². The SMILES string of the molecule is O=C(C[P+](c1ccccc1)(c1ccccc1)c1ccccc1)NCc1ccccc1. The van der Waals surface area contributed by atoms with E-state index in [1.54, 1.807) is 0 Å². The predicted molar refractivity (Wildman–Crippen MR) is 128 cm³/mol. The van der Waals surface area contributed by atoms with E-state index in [9.17, 15) is 4.79 Å². The quantitative estimate of drug-likeness (QED) is 0.453. The molecule has 2 nitrogen and oxygen atoms in total. The van der Waals surface area contributed by atoms with E-state index in [1.165, 1.54) is 15.9 Å². The maximum Gasteiger partial charge on any atom is 0.259 e. The summed E-state index contributed by atoms with van der Waals surface area (Å²) in [4.78, 5) is 13.3. The Morgan fingerprint density at radius 3 is 1.33 bits per heavy atom. The van der Waals surface area contributed by atoms with Crippen molar-refractivity contribution in [2.75, 3.05) is 6.16 Å². The maximum atomic E-state index is 13.3. The van der Waals surface area contributed by atoms with Crippen LogP contribution in [-0.2, 0) is 11.3 Å². The Bertz CT molecular complexity index is 970. The van der Waals surface area contributed by atoms with Crippen molar-refractivity contribution in [3.63, 3.8) is 0 Å². The van der Waals surface area contributed by atoms with Gasteiger partial charge in [0.05, 0.1) is 0 Å². The van der Waals surface area contributed by atoms with Gasteiger partial charge in [0, 0.05) is 6.54 Å². The molecule has 0 aliphatic rings. The molecule has 0 bridgehead atoms. The highest BCUT2D eigenvalue weighted by Gasteiger charge is 2.47. The fraction of sp³-hybridized carbons (Fsp3) is 0.0741. The van der Waals surface area contributed by atoms with Crippen LogP contribution in [0.5, 0.6) is 0 Å². The first kappa shape index (κ1) is 20.1. The Morgan fingerprint density at radius 2 is 0.933 bits per heavy atom. The third-order valence-electron chi connectivity index (χ3n) is 5.30. The van der Waals surface area contributed by atoms with Crippen molar-refractivity contribution in [1.29, 1.82) is 0 Å². The van der Waals surface area contributed by atoms with Crippen molar-refractivity contribution in [2.45, 2.75) is 6.54 Å². The first-order chi connectivity index (χ1) is 14.8. The topological polar surface area (TPSA) is 29.1 Å². The number of carbonyl (C=O) groups excluding carboxylic acids is 1. The molecule has 0 radical (unpaired) electrons. The van der Waals surface area contributed by atoms with Crippen LogP contribution in [0.15, 0.2) is 121 Å². The minimum Gasteiger partial charge on any atom is -0.349 e. The second-order valence-electron chi connectivity index (χ2n) is 7.24. The Morgan fingerprint density at radius 1 is 0.567 bits per heavy atom. The summed E-state index contributed by atoms with van der Waals surface area (Å²) in [6.45, 7) is 0.540. The average Bonchev–Trinajstić information content (AvgIpc) is 2.83. The molecule has 30 heavy (non-hydrogen) atoms. The number of carbonyl (C=O) groups is 1. The van der Waals surface area contributed by atoms with Gasteiger partial charge in [-0.05, 0) is 42.0 Å². The standard InChI is InChI=1S/C27H24NOP/c29-27(28-21-23-13-5-1-6-14-23)22-30(24-15-7-2-8-16-24,25-17-9-3-10-18-25)26-19-11-4-12-20-26/h1-20H,21-22H2/p+1. The van der Waals surface area contributed by atoms with E-state index < -0.39 is 7.26 Å². The minimum absolute atomic E-state index is 0.0729. The van der Waals surface area contributed by atoms with Gasteiger partial charge in [0.2, 0.25) is 0 Å². The molecule has 0 aliphatic heterocycles. The first-order valence-electron chi connectivity index (χ1n) is 10.1. The van der Waals surface area contributed by atoms with Crippen LogP contribution in [0.2, 0.25) is 0 Å². The zero-order valence-corrected chi connectivity index (χ0v) is 17.7. The molecule has 0 atom stereocenters. The van der Waals surface area contributed by atoms with E-state index >= 15 is 0 Å². The molecule has 0 aliphatic carbocycles. The second-order valence-corrected chi connectivity index (χ2v) is 10.7. The molecule has 0 fully saturated rings. The van der Waals surface area contributed by atoms with Crippen molar-refractivity contribution < 1.29 is 4.79 Å². The molecule has 0 aromatic heterocycles. The molecule has 1 amide bonds. The third-order valence-corrected chi connectivity index (χ3v) is 9.60. The monoisotopic (exact) mass is 410 g/mol. The average molecular weight is 410 g/mol. The van der Waals surface area contributed by atoms with Crippen molar-refractivity contribution in [2.24, 2.45) is 0 Å². The van der Waals surface area contributed by atoms with Crippen LogP contribution in [0.3, 0.4) is 0 Å². The normalized spacial score (nSPS) is 11.1. The summed E-state index contributed by atoms with van der Waals surface area (Å²) in [5, 5.41) is 6.81. The lowest BCUT2D eigenvalue weighted by molar-refractivity contribution is -0.118. The number of rotatable bonds is 7. The van der Waals surface area contributed by atoms with Crippen molar-refractivity contribution in [3.05, 3.63) is 127 Å². The molecule has 0 saturated carbocycles. The van der Waals surface area contributed by atoms with E-state index in [2.05, 4.69) is 78.1 Å². The van der Waals surface area contributed by atoms with E-state index in [0.29, 0.717) is 12.7 Å². The largest absolute Gasteiger partial charge is 0.349 e. The smallest absolute Gasteiger partial charge is 0.259 e.